The van der Waals surface area contributed by atoms with Gasteiger partial charge in [-0.2, -0.15) is 0 Å². The number of allylic oxidation sites excluding steroid dienone is 2. The highest BCUT2D eigenvalue weighted by Gasteiger charge is 2.27. The molecule has 166 valence electrons. The Kier molecular flexibility index (Phi) is 5.32. The summed E-state index contributed by atoms with van der Waals surface area (Å²) in [5.41, 5.74) is 12.6. The van der Waals surface area contributed by atoms with Crippen molar-refractivity contribution in [3.05, 3.63) is 99.5 Å². The summed E-state index contributed by atoms with van der Waals surface area (Å²) in [5.74, 6) is 0. The molecule has 3 aromatic carbocycles. The third-order valence-electron chi connectivity index (χ3n) is 7.33. The second-order valence-corrected chi connectivity index (χ2v) is 9.15. The summed E-state index contributed by atoms with van der Waals surface area (Å²) in [5, 5.41) is 5.07. The number of benzene rings is 3. The maximum Gasteiger partial charge on any atom is 0.0765 e. The Balaban J connectivity index is 2.02. The van der Waals surface area contributed by atoms with Crippen LogP contribution in [0.15, 0.2) is 76.4 Å². The third kappa shape index (κ3) is 3.28. The maximum atomic E-state index is 5.20. The number of hydrogen-bond acceptors (Lipinski definition) is 1. The molecule has 33 heavy (non-hydrogen) atoms. The molecule has 0 spiro atoms. The van der Waals surface area contributed by atoms with E-state index in [2.05, 4.69) is 101 Å². The van der Waals surface area contributed by atoms with E-state index in [1.54, 1.807) is 0 Å². The van der Waals surface area contributed by atoms with Gasteiger partial charge in [-0.25, -0.2) is 0 Å². The SMILES string of the molecule is CCC1=C(C)/C(=C(\c2[nH]c(C)c(CC)c2C)c2c3ccccc3cc3ccccc23)N=C1C. The topological polar surface area (TPSA) is 28.1 Å². The van der Waals surface area contributed by atoms with Crippen molar-refractivity contribution >= 4 is 32.8 Å². The third-order valence-corrected chi connectivity index (χ3v) is 7.33. The molecule has 0 bridgehead atoms. The van der Waals surface area contributed by atoms with Crippen molar-refractivity contribution in [1.29, 1.82) is 0 Å². The highest BCUT2D eigenvalue weighted by atomic mass is 14.8. The summed E-state index contributed by atoms with van der Waals surface area (Å²) in [6.07, 6.45) is 2.02. The Hall–Kier alpha value is -3.39. The number of aliphatic imine (C=N–C) groups is 1. The minimum atomic E-state index is 0.997. The summed E-state index contributed by atoms with van der Waals surface area (Å²) < 4.78 is 0. The molecule has 0 unspecified atom stereocenters. The van der Waals surface area contributed by atoms with Crippen LogP contribution in [0.3, 0.4) is 0 Å². The smallest absolute Gasteiger partial charge is 0.0765 e. The van der Waals surface area contributed by atoms with Crippen molar-refractivity contribution in [2.24, 2.45) is 4.99 Å². The molecule has 5 rings (SSSR count). The van der Waals surface area contributed by atoms with E-state index in [0.29, 0.717) is 0 Å². The summed E-state index contributed by atoms with van der Waals surface area (Å²) in [7, 11) is 0. The fourth-order valence-electron chi connectivity index (χ4n) is 5.71. The molecule has 0 radical (unpaired) electrons. The van der Waals surface area contributed by atoms with Crippen LogP contribution in [-0.4, -0.2) is 10.7 Å². The van der Waals surface area contributed by atoms with Crippen molar-refractivity contribution in [2.75, 3.05) is 0 Å². The zero-order chi connectivity index (χ0) is 23.3. The van der Waals surface area contributed by atoms with Crippen molar-refractivity contribution in [2.45, 2.75) is 54.4 Å². The quantitative estimate of drug-likeness (QED) is 0.313. The lowest BCUT2D eigenvalue weighted by molar-refractivity contribution is 1.08. The molecule has 0 fully saturated rings. The van der Waals surface area contributed by atoms with Gasteiger partial charge in [0, 0.05) is 22.5 Å². The summed E-state index contributed by atoms with van der Waals surface area (Å²) in [6, 6.07) is 19.8. The Morgan fingerprint density at radius 1 is 0.818 bits per heavy atom. The first-order valence-corrected chi connectivity index (χ1v) is 12.1. The van der Waals surface area contributed by atoms with E-state index in [1.807, 2.05) is 0 Å². The highest BCUT2D eigenvalue weighted by Crippen LogP contribution is 2.43. The molecule has 1 aliphatic rings. The van der Waals surface area contributed by atoms with E-state index < -0.39 is 0 Å². The van der Waals surface area contributed by atoms with Gasteiger partial charge in [-0.15, -0.1) is 0 Å². The predicted octanol–water partition coefficient (Wildman–Crippen LogP) is 8.46. The van der Waals surface area contributed by atoms with Crippen LogP contribution in [0.2, 0.25) is 0 Å². The van der Waals surface area contributed by atoms with E-state index in [1.165, 1.54) is 66.3 Å². The molecule has 0 saturated carbocycles. The molecule has 1 aliphatic heterocycles. The lowest BCUT2D eigenvalue weighted by atomic mass is 9.87. The maximum absolute atomic E-state index is 5.20. The predicted molar refractivity (Wildman–Crippen MR) is 143 cm³/mol. The van der Waals surface area contributed by atoms with Crippen molar-refractivity contribution in [1.82, 2.24) is 4.98 Å². The van der Waals surface area contributed by atoms with Crippen LogP contribution in [0, 0.1) is 13.8 Å². The van der Waals surface area contributed by atoms with Gasteiger partial charge in [0.15, 0.2) is 0 Å². The van der Waals surface area contributed by atoms with Gasteiger partial charge in [0.2, 0.25) is 0 Å². The number of aromatic amines is 1. The van der Waals surface area contributed by atoms with E-state index >= 15 is 0 Å². The largest absolute Gasteiger partial charge is 0.358 e. The summed E-state index contributed by atoms with van der Waals surface area (Å²) >= 11 is 0. The van der Waals surface area contributed by atoms with Crippen LogP contribution >= 0.6 is 0 Å². The number of nitrogens with one attached hydrogen (secondary N) is 1. The van der Waals surface area contributed by atoms with Gasteiger partial charge < -0.3 is 4.98 Å². The first-order chi connectivity index (χ1) is 16.0. The van der Waals surface area contributed by atoms with Gasteiger partial charge in [0.25, 0.3) is 0 Å². The average Bonchev–Trinajstić information content (AvgIpc) is 3.26. The number of H-pyrrole nitrogens is 1. The number of hydrogen-bond donors (Lipinski definition) is 1. The minimum absolute atomic E-state index is 0.997. The normalized spacial score (nSPS) is 15.6. The lowest BCUT2D eigenvalue weighted by Crippen LogP contribution is -1.99. The number of fused-ring (bicyclic) bond motifs is 2. The van der Waals surface area contributed by atoms with Gasteiger partial charge in [0.1, 0.15) is 0 Å². The number of aryl methyl sites for hydroxylation is 1. The van der Waals surface area contributed by atoms with Gasteiger partial charge in [-0.1, -0.05) is 62.4 Å². The van der Waals surface area contributed by atoms with Gasteiger partial charge in [-0.05, 0) is 90.4 Å². The lowest BCUT2D eigenvalue weighted by Gasteiger charge is -2.18. The molecule has 1 N–H and O–H groups in total. The standard InChI is InChI=1S/C31H32N2/c1-7-24-18(3)30(32-20(24)5)29(31-19(4)25(8-2)21(6)33-31)28-26-15-11-9-13-22(26)17-23-14-10-12-16-27(23)28/h9-17,32H,7-8H2,1-6H3/b31-29+. The van der Waals surface area contributed by atoms with Crippen LogP contribution < -0.4 is 0 Å². The fraction of sp³-hybridized carbons (Fsp3) is 0.258. The van der Waals surface area contributed by atoms with Crippen LogP contribution in [0.25, 0.3) is 27.1 Å². The molecule has 4 aromatic rings. The molecule has 0 aliphatic carbocycles. The van der Waals surface area contributed by atoms with E-state index in [9.17, 15) is 0 Å². The fourth-order valence-corrected chi connectivity index (χ4v) is 5.71. The Bertz CT molecular complexity index is 1450. The Morgan fingerprint density at radius 3 is 1.94 bits per heavy atom. The van der Waals surface area contributed by atoms with E-state index in [0.717, 1.165) is 24.3 Å². The zero-order valence-corrected chi connectivity index (χ0v) is 20.6. The Labute approximate surface area is 196 Å². The van der Waals surface area contributed by atoms with Crippen LogP contribution in [0.4, 0.5) is 0 Å². The number of rotatable bonds is 4. The minimum Gasteiger partial charge on any atom is -0.358 e. The summed E-state index contributed by atoms with van der Waals surface area (Å²) in [4.78, 5) is 8.98. The average molecular weight is 433 g/mol. The summed E-state index contributed by atoms with van der Waals surface area (Å²) in [6.45, 7) is 13.3. The Morgan fingerprint density at radius 2 is 1.42 bits per heavy atom. The first kappa shape index (κ1) is 21.5. The van der Waals surface area contributed by atoms with Crippen molar-refractivity contribution in [3.63, 3.8) is 0 Å². The molecule has 0 saturated heterocycles. The molecule has 2 heterocycles. The van der Waals surface area contributed by atoms with Crippen LogP contribution in [0.1, 0.15) is 62.2 Å². The van der Waals surface area contributed by atoms with Gasteiger partial charge in [-0.3, -0.25) is 4.99 Å². The van der Waals surface area contributed by atoms with Crippen LogP contribution in [-0.2, 0) is 6.42 Å². The molecular weight excluding hydrogens is 400 g/mol. The van der Waals surface area contributed by atoms with Crippen molar-refractivity contribution < 1.29 is 0 Å². The van der Waals surface area contributed by atoms with Crippen LogP contribution in [0.5, 0.6) is 0 Å². The van der Waals surface area contributed by atoms with Crippen molar-refractivity contribution in [3.8, 4) is 0 Å². The second-order valence-electron chi connectivity index (χ2n) is 9.15. The number of nitrogens with zero attached hydrogens (tertiary/aromatic N) is 1. The number of aromatic nitrogens is 1. The molecule has 2 nitrogen and oxygen atoms in total. The molecule has 2 heteroatoms. The monoisotopic (exact) mass is 432 g/mol. The molecule has 0 amide bonds. The highest BCUT2D eigenvalue weighted by molar-refractivity contribution is 6.14. The second kappa shape index (κ2) is 8.19. The molecular formula is C31H32N2. The van der Waals surface area contributed by atoms with Gasteiger partial charge >= 0.3 is 0 Å². The molecule has 1 aromatic heterocycles. The first-order valence-electron chi connectivity index (χ1n) is 12.1. The molecule has 0 atom stereocenters. The van der Waals surface area contributed by atoms with E-state index in [4.69, 9.17) is 4.99 Å². The van der Waals surface area contributed by atoms with Gasteiger partial charge in [0.05, 0.1) is 11.4 Å². The van der Waals surface area contributed by atoms with E-state index in [-0.39, 0.29) is 0 Å². The zero-order valence-electron chi connectivity index (χ0n) is 20.6.